The lowest BCUT2D eigenvalue weighted by Crippen LogP contribution is -2.54. The summed E-state index contributed by atoms with van der Waals surface area (Å²) in [6, 6.07) is 0. The maximum atomic E-state index is 10.5. The normalized spacial score (nSPS) is 30.0. The molecule has 0 aromatic carbocycles. The molecular weight excluding hydrogens is 429 g/mol. The van der Waals surface area contributed by atoms with Gasteiger partial charge in [-0.25, -0.2) is 0 Å². The number of hydrogen-bond acceptors (Lipinski definition) is 3. The van der Waals surface area contributed by atoms with E-state index in [0.717, 1.165) is 32.3 Å². The molecule has 6 heteroatoms. The van der Waals surface area contributed by atoms with Crippen LogP contribution >= 0.6 is 24.0 Å². The topological polar surface area (TPSA) is 57.1 Å². The largest absolute Gasteiger partial charge is 0.391 e. The second kappa shape index (κ2) is 10.3. The minimum Gasteiger partial charge on any atom is -0.391 e. The van der Waals surface area contributed by atoms with Crippen LogP contribution in [0.4, 0.5) is 0 Å². The Morgan fingerprint density at radius 2 is 2.00 bits per heavy atom. The van der Waals surface area contributed by atoms with Gasteiger partial charge in [0.25, 0.3) is 0 Å². The van der Waals surface area contributed by atoms with Crippen LogP contribution in [0.15, 0.2) is 4.99 Å². The minimum absolute atomic E-state index is 0. The maximum absolute atomic E-state index is 10.5. The fourth-order valence-corrected chi connectivity index (χ4v) is 4.83. The third-order valence-electron chi connectivity index (χ3n) is 6.24. The van der Waals surface area contributed by atoms with Crippen molar-refractivity contribution in [1.29, 1.82) is 0 Å². The SMILES string of the molecule is CN=C(NCC(O)C1CCCCC1)N1CCCC2(CCCOC2)C1.I. The predicted octanol–water partition coefficient (Wildman–Crippen LogP) is 3.01. The monoisotopic (exact) mass is 465 g/mol. The van der Waals surface area contributed by atoms with Gasteiger partial charge in [-0.1, -0.05) is 19.3 Å². The van der Waals surface area contributed by atoms with Gasteiger partial charge in [0.1, 0.15) is 0 Å². The molecular formula is C19H36IN3O2. The Hall–Kier alpha value is -0.0800. The molecule has 0 aromatic rings. The number of rotatable bonds is 3. The number of nitrogens with one attached hydrogen (secondary N) is 1. The highest BCUT2D eigenvalue weighted by atomic mass is 127. The van der Waals surface area contributed by atoms with Gasteiger partial charge in [0, 0.05) is 38.7 Å². The molecule has 1 saturated carbocycles. The highest BCUT2D eigenvalue weighted by molar-refractivity contribution is 14.0. The first-order chi connectivity index (χ1) is 11.7. The van der Waals surface area contributed by atoms with Crippen LogP contribution in [0.2, 0.25) is 0 Å². The molecule has 2 atom stereocenters. The van der Waals surface area contributed by atoms with Gasteiger partial charge >= 0.3 is 0 Å². The molecule has 1 aliphatic carbocycles. The Bertz CT molecular complexity index is 415. The number of nitrogens with zero attached hydrogens (tertiary/aromatic N) is 2. The number of halogens is 1. The van der Waals surface area contributed by atoms with E-state index in [1.807, 2.05) is 7.05 Å². The van der Waals surface area contributed by atoms with Crippen LogP contribution in [0.1, 0.15) is 57.8 Å². The van der Waals surface area contributed by atoms with Gasteiger partial charge in [0.05, 0.1) is 12.7 Å². The summed E-state index contributed by atoms with van der Waals surface area (Å²) in [5.74, 6) is 1.42. The number of aliphatic hydroxyl groups excluding tert-OH is 1. The first-order valence-corrected chi connectivity index (χ1v) is 9.94. The molecule has 3 rings (SSSR count). The van der Waals surface area contributed by atoms with Gasteiger partial charge in [-0.2, -0.15) is 0 Å². The van der Waals surface area contributed by atoms with Crippen molar-refractivity contribution in [3.05, 3.63) is 0 Å². The molecule has 2 N–H and O–H groups in total. The molecule has 2 unspecified atom stereocenters. The van der Waals surface area contributed by atoms with Crippen molar-refractivity contribution in [3.8, 4) is 0 Å². The van der Waals surface area contributed by atoms with Gasteiger partial charge in [-0.15, -0.1) is 24.0 Å². The number of aliphatic hydroxyl groups is 1. The molecule has 1 spiro atoms. The van der Waals surface area contributed by atoms with Crippen LogP contribution in [0.25, 0.3) is 0 Å². The molecule has 0 amide bonds. The predicted molar refractivity (Wildman–Crippen MR) is 113 cm³/mol. The van der Waals surface area contributed by atoms with Crippen LogP contribution in [0.5, 0.6) is 0 Å². The van der Waals surface area contributed by atoms with Crippen molar-refractivity contribution >= 4 is 29.9 Å². The second-order valence-corrected chi connectivity index (χ2v) is 8.07. The van der Waals surface area contributed by atoms with Crippen molar-refractivity contribution in [2.24, 2.45) is 16.3 Å². The summed E-state index contributed by atoms with van der Waals surface area (Å²) < 4.78 is 5.78. The van der Waals surface area contributed by atoms with Crippen molar-refractivity contribution in [2.45, 2.75) is 63.9 Å². The molecule has 5 nitrogen and oxygen atoms in total. The van der Waals surface area contributed by atoms with Crippen molar-refractivity contribution in [2.75, 3.05) is 39.9 Å². The lowest BCUT2D eigenvalue weighted by Gasteiger charge is -2.45. The highest BCUT2D eigenvalue weighted by Gasteiger charge is 2.38. The van der Waals surface area contributed by atoms with Gasteiger partial charge < -0.3 is 20.1 Å². The summed E-state index contributed by atoms with van der Waals surface area (Å²) >= 11 is 0. The van der Waals surface area contributed by atoms with E-state index in [1.54, 1.807) is 0 Å². The quantitative estimate of drug-likeness (QED) is 0.382. The molecule has 146 valence electrons. The Morgan fingerprint density at radius 3 is 2.68 bits per heavy atom. The Morgan fingerprint density at radius 1 is 1.24 bits per heavy atom. The lowest BCUT2D eigenvalue weighted by molar-refractivity contribution is -0.0371. The zero-order chi connectivity index (χ0) is 16.8. The molecule has 25 heavy (non-hydrogen) atoms. The van der Waals surface area contributed by atoms with Crippen LogP contribution in [-0.4, -0.2) is 62.0 Å². The fraction of sp³-hybridized carbons (Fsp3) is 0.947. The number of guanidine groups is 1. The molecule has 0 aromatic heterocycles. The smallest absolute Gasteiger partial charge is 0.193 e. The van der Waals surface area contributed by atoms with E-state index >= 15 is 0 Å². The van der Waals surface area contributed by atoms with E-state index in [9.17, 15) is 5.11 Å². The zero-order valence-corrected chi connectivity index (χ0v) is 18.0. The average molecular weight is 465 g/mol. The van der Waals surface area contributed by atoms with Gasteiger partial charge in [-0.3, -0.25) is 4.99 Å². The highest BCUT2D eigenvalue weighted by Crippen LogP contribution is 2.37. The number of aliphatic imine (C=N–C) groups is 1. The van der Waals surface area contributed by atoms with E-state index in [1.165, 1.54) is 57.8 Å². The third kappa shape index (κ3) is 5.70. The molecule has 2 aliphatic heterocycles. The molecule has 0 radical (unpaired) electrons. The molecule has 0 bridgehead atoms. The van der Waals surface area contributed by atoms with Gasteiger partial charge in [0.15, 0.2) is 5.96 Å². The fourth-order valence-electron chi connectivity index (χ4n) is 4.83. The molecule has 3 aliphatic rings. The van der Waals surface area contributed by atoms with E-state index < -0.39 is 0 Å². The standard InChI is InChI=1S/C19H35N3O2.HI/c1-20-18(21-13-17(23)16-7-3-2-4-8-16)22-11-5-9-19(14-22)10-6-12-24-15-19;/h16-17,23H,2-15H2,1H3,(H,20,21);1H. The molecule has 2 heterocycles. The lowest BCUT2D eigenvalue weighted by atomic mass is 9.76. The van der Waals surface area contributed by atoms with Crippen LogP contribution < -0.4 is 5.32 Å². The third-order valence-corrected chi connectivity index (χ3v) is 6.24. The average Bonchev–Trinajstić information content (AvgIpc) is 2.63. The van der Waals surface area contributed by atoms with Gasteiger partial charge in [0.2, 0.25) is 0 Å². The molecule has 2 saturated heterocycles. The van der Waals surface area contributed by atoms with Crippen LogP contribution in [-0.2, 0) is 4.74 Å². The van der Waals surface area contributed by atoms with Crippen molar-refractivity contribution in [3.63, 3.8) is 0 Å². The van der Waals surface area contributed by atoms with E-state index in [2.05, 4.69) is 15.2 Å². The zero-order valence-electron chi connectivity index (χ0n) is 15.7. The number of hydrogen-bond donors (Lipinski definition) is 2. The maximum Gasteiger partial charge on any atom is 0.193 e. The summed E-state index contributed by atoms with van der Waals surface area (Å²) in [5, 5.41) is 13.9. The first kappa shape index (κ1) is 21.2. The summed E-state index contributed by atoms with van der Waals surface area (Å²) in [7, 11) is 1.86. The van der Waals surface area contributed by atoms with E-state index in [4.69, 9.17) is 4.74 Å². The van der Waals surface area contributed by atoms with Crippen molar-refractivity contribution < 1.29 is 9.84 Å². The minimum atomic E-state index is -0.251. The summed E-state index contributed by atoms with van der Waals surface area (Å²) in [6.45, 7) is 4.53. The van der Waals surface area contributed by atoms with E-state index in [-0.39, 0.29) is 30.1 Å². The van der Waals surface area contributed by atoms with Gasteiger partial charge in [-0.05, 0) is 44.4 Å². The molecule has 3 fully saturated rings. The summed E-state index contributed by atoms with van der Waals surface area (Å²) in [4.78, 5) is 6.87. The summed E-state index contributed by atoms with van der Waals surface area (Å²) in [5.41, 5.74) is 0.316. The van der Waals surface area contributed by atoms with E-state index in [0.29, 0.717) is 17.9 Å². The number of ether oxygens (including phenoxy) is 1. The Balaban J connectivity index is 0.00000225. The number of likely N-dealkylation sites (tertiary alicyclic amines) is 1. The Kier molecular flexibility index (Phi) is 8.75. The van der Waals surface area contributed by atoms with Crippen LogP contribution in [0, 0.1) is 11.3 Å². The van der Waals surface area contributed by atoms with Crippen molar-refractivity contribution in [1.82, 2.24) is 10.2 Å². The first-order valence-electron chi connectivity index (χ1n) is 9.94. The summed E-state index contributed by atoms with van der Waals surface area (Å²) in [6.07, 6.45) is 10.9. The van der Waals surface area contributed by atoms with Crippen LogP contribution in [0.3, 0.4) is 0 Å². The Labute approximate surface area is 170 Å². The number of piperidine rings is 1. The second-order valence-electron chi connectivity index (χ2n) is 8.07.